The largest absolute Gasteiger partial charge is 0.497 e. The minimum absolute atomic E-state index is 0.0773. The molecule has 5 rings (SSSR count). The molecule has 1 aliphatic heterocycles. The van der Waals surface area contributed by atoms with Gasteiger partial charge in [-0.2, -0.15) is 0 Å². The summed E-state index contributed by atoms with van der Waals surface area (Å²) in [6.07, 6.45) is -1.10. The molecule has 9 nitrogen and oxygen atoms in total. The van der Waals surface area contributed by atoms with Gasteiger partial charge in [-0.05, 0) is 48.9 Å². The molecule has 0 bridgehead atoms. The molecule has 0 saturated carbocycles. The van der Waals surface area contributed by atoms with E-state index in [-0.39, 0.29) is 11.4 Å². The van der Waals surface area contributed by atoms with Crippen LogP contribution in [-0.4, -0.2) is 44.3 Å². The SMILES string of the molecule is COc1ccc(S(=O)(=O)N2C[C@@H](C(=O)Nc3nnc(-c4ccccc4)s3)Oc3ccc(C)cc32)cc1. The summed E-state index contributed by atoms with van der Waals surface area (Å²) in [6.45, 7) is 1.65. The predicted octanol–water partition coefficient (Wildman–Crippen LogP) is 4.12. The van der Waals surface area contributed by atoms with Crippen molar-refractivity contribution in [3.8, 4) is 22.1 Å². The van der Waals surface area contributed by atoms with Gasteiger partial charge in [0.25, 0.3) is 15.9 Å². The second kappa shape index (κ2) is 9.59. The van der Waals surface area contributed by atoms with Crippen LogP contribution in [0.25, 0.3) is 10.6 Å². The minimum atomic E-state index is -4.00. The zero-order valence-corrected chi connectivity index (χ0v) is 21.0. The number of amides is 1. The molecule has 1 amide bonds. The number of ether oxygens (including phenoxy) is 2. The number of carbonyl (C=O) groups excluding carboxylic acids is 1. The molecule has 4 aromatic rings. The molecule has 11 heteroatoms. The molecule has 1 N–H and O–H groups in total. The molecule has 2 heterocycles. The van der Waals surface area contributed by atoms with Crippen molar-refractivity contribution in [3.05, 3.63) is 78.4 Å². The molecule has 1 aromatic heterocycles. The molecule has 3 aromatic carbocycles. The first kappa shape index (κ1) is 23.8. The molecule has 1 aliphatic rings. The first-order valence-corrected chi connectivity index (χ1v) is 13.2. The molecule has 0 fully saturated rings. The fourth-order valence-electron chi connectivity index (χ4n) is 3.76. The van der Waals surface area contributed by atoms with Crippen LogP contribution < -0.4 is 19.1 Å². The van der Waals surface area contributed by atoms with E-state index < -0.39 is 22.0 Å². The van der Waals surface area contributed by atoms with Crippen molar-refractivity contribution >= 4 is 38.1 Å². The Balaban J connectivity index is 1.42. The van der Waals surface area contributed by atoms with Crippen LogP contribution in [0.15, 0.2) is 77.7 Å². The number of nitrogens with one attached hydrogen (secondary N) is 1. The summed E-state index contributed by atoms with van der Waals surface area (Å²) in [4.78, 5) is 13.2. The number of rotatable bonds is 6. The fraction of sp³-hybridized carbons (Fsp3) is 0.160. The highest BCUT2D eigenvalue weighted by molar-refractivity contribution is 7.92. The van der Waals surface area contributed by atoms with E-state index in [0.29, 0.717) is 27.3 Å². The van der Waals surface area contributed by atoms with Gasteiger partial charge in [0.2, 0.25) is 5.13 Å². The van der Waals surface area contributed by atoms with Gasteiger partial charge < -0.3 is 9.47 Å². The summed E-state index contributed by atoms with van der Waals surface area (Å²) in [7, 11) is -2.49. The Hall–Kier alpha value is -3.96. The lowest BCUT2D eigenvalue weighted by Gasteiger charge is -2.34. The monoisotopic (exact) mass is 522 g/mol. The third kappa shape index (κ3) is 4.62. The van der Waals surface area contributed by atoms with Crippen molar-refractivity contribution in [2.45, 2.75) is 17.9 Å². The van der Waals surface area contributed by atoms with E-state index in [4.69, 9.17) is 9.47 Å². The standard InChI is InChI=1S/C25H22N4O5S2/c1-16-8-13-21-20(14-16)29(36(31,32)19-11-9-18(33-2)10-12-19)15-22(34-21)23(30)26-25-28-27-24(35-25)17-6-4-3-5-7-17/h3-14,22H,15H2,1-2H3,(H,26,28,30)/t22-/m0/s1. The van der Waals surface area contributed by atoms with Crippen LogP contribution in [0.2, 0.25) is 0 Å². The topological polar surface area (TPSA) is 111 Å². The van der Waals surface area contributed by atoms with E-state index in [1.165, 1.54) is 34.9 Å². The van der Waals surface area contributed by atoms with Crippen LogP contribution in [0.3, 0.4) is 0 Å². The Morgan fingerprint density at radius 2 is 1.83 bits per heavy atom. The van der Waals surface area contributed by atoms with Crippen molar-refractivity contribution in [2.75, 3.05) is 23.3 Å². The van der Waals surface area contributed by atoms with Gasteiger partial charge >= 0.3 is 0 Å². The van der Waals surface area contributed by atoms with Gasteiger partial charge in [-0.15, -0.1) is 10.2 Å². The smallest absolute Gasteiger partial charge is 0.269 e. The van der Waals surface area contributed by atoms with E-state index in [0.717, 1.165) is 11.1 Å². The van der Waals surface area contributed by atoms with Gasteiger partial charge in [-0.1, -0.05) is 47.7 Å². The number of nitrogens with zero attached hydrogens (tertiary/aromatic N) is 3. The lowest BCUT2D eigenvalue weighted by atomic mass is 10.1. The predicted molar refractivity (Wildman–Crippen MR) is 137 cm³/mol. The number of carbonyl (C=O) groups is 1. The Bertz CT molecular complexity index is 1510. The molecule has 0 unspecified atom stereocenters. The average molecular weight is 523 g/mol. The number of hydrogen-bond donors (Lipinski definition) is 1. The van der Waals surface area contributed by atoms with E-state index in [1.54, 1.807) is 30.3 Å². The number of anilines is 2. The molecule has 1 atom stereocenters. The number of aromatic nitrogens is 2. The summed E-state index contributed by atoms with van der Waals surface area (Å²) >= 11 is 1.22. The quantitative estimate of drug-likeness (QED) is 0.406. The second-order valence-electron chi connectivity index (χ2n) is 8.06. The van der Waals surface area contributed by atoms with Gasteiger partial charge in [0, 0.05) is 5.56 Å². The van der Waals surface area contributed by atoms with Crippen molar-refractivity contribution in [3.63, 3.8) is 0 Å². The molecule has 0 radical (unpaired) electrons. The van der Waals surface area contributed by atoms with Crippen LogP contribution in [-0.2, 0) is 14.8 Å². The van der Waals surface area contributed by atoms with Gasteiger partial charge in [0.1, 0.15) is 16.5 Å². The zero-order chi connectivity index (χ0) is 25.3. The highest BCUT2D eigenvalue weighted by Crippen LogP contribution is 2.38. The van der Waals surface area contributed by atoms with Crippen LogP contribution >= 0.6 is 11.3 Å². The zero-order valence-electron chi connectivity index (χ0n) is 19.4. The second-order valence-corrected chi connectivity index (χ2v) is 10.9. The van der Waals surface area contributed by atoms with Crippen LogP contribution in [0.1, 0.15) is 5.56 Å². The maximum atomic E-state index is 13.6. The molecular weight excluding hydrogens is 500 g/mol. The average Bonchev–Trinajstić information content (AvgIpc) is 3.37. The molecule has 184 valence electrons. The molecule has 0 saturated heterocycles. The van der Waals surface area contributed by atoms with Crippen molar-refractivity contribution in [2.24, 2.45) is 0 Å². The lowest BCUT2D eigenvalue weighted by molar-refractivity contribution is -0.122. The summed E-state index contributed by atoms with van der Waals surface area (Å²) in [5.41, 5.74) is 2.11. The maximum absolute atomic E-state index is 13.6. The van der Waals surface area contributed by atoms with Crippen molar-refractivity contribution < 1.29 is 22.7 Å². The van der Waals surface area contributed by atoms with Crippen molar-refractivity contribution in [1.82, 2.24) is 10.2 Å². The third-order valence-electron chi connectivity index (χ3n) is 5.60. The first-order valence-electron chi connectivity index (χ1n) is 11.0. The Labute approximate surface area is 212 Å². The summed E-state index contributed by atoms with van der Waals surface area (Å²) in [5.74, 6) is 0.314. The number of fused-ring (bicyclic) bond motifs is 1. The fourth-order valence-corrected chi connectivity index (χ4v) is 5.98. The minimum Gasteiger partial charge on any atom is -0.497 e. The number of sulfonamides is 1. The molecule has 36 heavy (non-hydrogen) atoms. The molecule has 0 spiro atoms. The number of benzene rings is 3. The van der Waals surface area contributed by atoms with Gasteiger partial charge in [-0.3, -0.25) is 14.4 Å². The molecular formula is C25H22N4O5S2. The highest BCUT2D eigenvalue weighted by atomic mass is 32.2. The van der Waals surface area contributed by atoms with Gasteiger partial charge in [-0.25, -0.2) is 8.42 Å². The summed E-state index contributed by atoms with van der Waals surface area (Å²) < 4.78 is 39.5. The number of hydrogen-bond acceptors (Lipinski definition) is 8. The number of methoxy groups -OCH3 is 1. The van der Waals surface area contributed by atoms with Crippen LogP contribution in [0.5, 0.6) is 11.5 Å². The van der Waals surface area contributed by atoms with E-state index in [2.05, 4.69) is 15.5 Å². The summed E-state index contributed by atoms with van der Waals surface area (Å²) in [5, 5.41) is 11.8. The first-order chi connectivity index (χ1) is 17.3. The summed E-state index contributed by atoms with van der Waals surface area (Å²) in [6, 6.07) is 20.8. The van der Waals surface area contributed by atoms with Gasteiger partial charge in [0.15, 0.2) is 6.10 Å². The highest BCUT2D eigenvalue weighted by Gasteiger charge is 2.38. The van der Waals surface area contributed by atoms with E-state index in [9.17, 15) is 13.2 Å². The van der Waals surface area contributed by atoms with E-state index >= 15 is 0 Å². The normalized spacial score (nSPS) is 15.1. The Morgan fingerprint density at radius 3 is 2.56 bits per heavy atom. The molecule has 0 aliphatic carbocycles. The van der Waals surface area contributed by atoms with Gasteiger partial charge in [0.05, 0.1) is 24.2 Å². The number of aryl methyl sites for hydroxylation is 1. The Morgan fingerprint density at radius 1 is 1.08 bits per heavy atom. The lowest BCUT2D eigenvalue weighted by Crippen LogP contribution is -2.48. The Kier molecular flexibility index (Phi) is 6.33. The van der Waals surface area contributed by atoms with E-state index in [1.807, 2.05) is 37.3 Å². The maximum Gasteiger partial charge on any atom is 0.269 e. The van der Waals surface area contributed by atoms with Crippen LogP contribution in [0, 0.1) is 6.92 Å². The third-order valence-corrected chi connectivity index (χ3v) is 8.28. The van der Waals surface area contributed by atoms with Crippen LogP contribution in [0.4, 0.5) is 10.8 Å². The van der Waals surface area contributed by atoms with Crippen molar-refractivity contribution in [1.29, 1.82) is 0 Å².